The first-order chi connectivity index (χ1) is 14.0. The maximum Gasteiger partial charge on any atom is 0.337 e. The quantitative estimate of drug-likeness (QED) is 0.503. The highest BCUT2D eigenvalue weighted by atomic mass is 16.2. The zero-order chi connectivity index (χ0) is 20.5. The number of rotatable bonds is 4. The number of Topliss-reactive ketones (excluding diaryl/α,β-unsaturated/α-hetero) is 1. The van der Waals surface area contributed by atoms with Gasteiger partial charge in [-0.25, -0.2) is 14.3 Å². The first kappa shape index (κ1) is 18.5. The number of pyridine rings is 2. The van der Waals surface area contributed by atoms with E-state index in [2.05, 4.69) is 9.97 Å². The van der Waals surface area contributed by atoms with E-state index in [-0.39, 0.29) is 18.0 Å². The zero-order valence-corrected chi connectivity index (χ0v) is 16.0. The Morgan fingerprint density at radius 1 is 1.03 bits per heavy atom. The molecule has 0 spiro atoms. The van der Waals surface area contributed by atoms with E-state index in [1.54, 1.807) is 48.7 Å². The van der Waals surface area contributed by atoms with Crippen LogP contribution in [0.25, 0.3) is 16.7 Å². The summed E-state index contributed by atoms with van der Waals surface area (Å²) in [5.41, 5.74) is 1.80. The summed E-state index contributed by atoms with van der Waals surface area (Å²) in [6.45, 7) is 3.41. The second-order valence-electron chi connectivity index (χ2n) is 6.82. The Labute approximate surface area is 165 Å². The van der Waals surface area contributed by atoms with Gasteiger partial charge in [0, 0.05) is 18.0 Å². The van der Waals surface area contributed by atoms with Gasteiger partial charge in [0.15, 0.2) is 11.4 Å². The van der Waals surface area contributed by atoms with Crippen LogP contribution in [0.5, 0.6) is 0 Å². The van der Waals surface area contributed by atoms with Crippen molar-refractivity contribution in [3.8, 4) is 5.69 Å². The fourth-order valence-electron chi connectivity index (χ4n) is 3.18. The van der Waals surface area contributed by atoms with Crippen LogP contribution in [0, 0.1) is 6.92 Å². The van der Waals surface area contributed by atoms with Gasteiger partial charge >= 0.3 is 5.69 Å². The molecule has 0 saturated heterocycles. The van der Waals surface area contributed by atoms with Crippen LogP contribution in [0.1, 0.15) is 28.5 Å². The second-order valence-corrected chi connectivity index (χ2v) is 6.82. The van der Waals surface area contributed by atoms with E-state index in [4.69, 9.17) is 0 Å². The highest BCUT2D eigenvalue weighted by Crippen LogP contribution is 2.14. The molecular weight excluding hydrogens is 368 g/mol. The number of fused-ring (bicyclic) bond motifs is 1. The molecule has 0 saturated carbocycles. The van der Waals surface area contributed by atoms with Gasteiger partial charge in [0.05, 0.1) is 23.3 Å². The molecule has 0 aliphatic heterocycles. The van der Waals surface area contributed by atoms with Crippen LogP contribution < -0.4 is 11.2 Å². The van der Waals surface area contributed by atoms with Gasteiger partial charge in [0.2, 0.25) is 0 Å². The lowest BCUT2D eigenvalue weighted by Gasteiger charge is -2.14. The van der Waals surface area contributed by atoms with E-state index in [1.807, 2.05) is 13.0 Å². The molecule has 0 N–H and O–H groups in total. The van der Waals surface area contributed by atoms with Crippen molar-refractivity contribution < 1.29 is 4.79 Å². The molecule has 3 heterocycles. The topological polar surface area (TPSA) is 86.9 Å². The van der Waals surface area contributed by atoms with E-state index in [1.165, 1.54) is 17.7 Å². The van der Waals surface area contributed by atoms with Gasteiger partial charge in [0.1, 0.15) is 0 Å². The lowest BCUT2D eigenvalue weighted by atomic mass is 10.1. The van der Waals surface area contributed by atoms with Crippen molar-refractivity contribution in [2.75, 3.05) is 0 Å². The third-order valence-electron chi connectivity index (χ3n) is 4.70. The lowest BCUT2D eigenvalue weighted by molar-refractivity contribution is 0.101. The van der Waals surface area contributed by atoms with Gasteiger partial charge in [-0.3, -0.25) is 19.1 Å². The molecule has 0 aliphatic carbocycles. The van der Waals surface area contributed by atoms with Gasteiger partial charge in [-0.05, 0) is 49.7 Å². The third kappa shape index (κ3) is 3.38. The average Bonchev–Trinajstić information content (AvgIpc) is 2.73. The van der Waals surface area contributed by atoms with Crippen molar-refractivity contribution in [3.05, 3.63) is 98.6 Å². The summed E-state index contributed by atoms with van der Waals surface area (Å²) in [6.07, 6.45) is 3.22. The summed E-state index contributed by atoms with van der Waals surface area (Å²) in [5, 5.41) is 0.312. The Morgan fingerprint density at radius 2 is 1.86 bits per heavy atom. The van der Waals surface area contributed by atoms with E-state index in [0.29, 0.717) is 22.3 Å². The predicted molar refractivity (Wildman–Crippen MR) is 110 cm³/mol. The number of carbonyl (C=O) groups is 1. The molecule has 0 fully saturated rings. The number of aryl methyl sites for hydroxylation is 1. The molecule has 0 aliphatic rings. The maximum atomic E-state index is 13.3. The Balaban J connectivity index is 2.00. The smallest absolute Gasteiger partial charge is 0.295 e. The highest BCUT2D eigenvalue weighted by molar-refractivity contribution is 5.94. The van der Waals surface area contributed by atoms with Crippen molar-refractivity contribution in [2.24, 2.45) is 0 Å². The van der Waals surface area contributed by atoms with E-state index in [0.717, 1.165) is 10.1 Å². The molecule has 0 unspecified atom stereocenters. The van der Waals surface area contributed by atoms with E-state index < -0.39 is 11.2 Å². The number of nitrogens with zero attached hydrogens (tertiary/aromatic N) is 4. The standard InChI is InChI=1S/C22H18N4O3/c1-14-8-9-17(24-12-14)13-25-21(28)19-7-4-10-23-20(19)26(22(25)29)18-6-3-5-16(11-18)15(2)27/h3-12H,13H2,1-2H3. The number of ketones is 1. The predicted octanol–water partition coefficient (Wildman–Crippen LogP) is 2.50. The third-order valence-corrected chi connectivity index (χ3v) is 4.70. The molecule has 29 heavy (non-hydrogen) atoms. The Kier molecular flexibility index (Phi) is 4.64. The number of hydrogen-bond donors (Lipinski definition) is 0. The number of carbonyl (C=O) groups excluding carboxylic acids is 1. The molecule has 4 rings (SSSR count). The fraction of sp³-hybridized carbons (Fsp3) is 0.136. The van der Waals surface area contributed by atoms with Gasteiger partial charge in [-0.15, -0.1) is 0 Å². The summed E-state index contributed by atoms with van der Waals surface area (Å²) in [4.78, 5) is 46.7. The Morgan fingerprint density at radius 3 is 2.59 bits per heavy atom. The molecule has 1 aromatic carbocycles. The minimum absolute atomic E-state index is 0.0369. The van der Waals surface area contributed by atoms with Crippen LogP contribution in [-0.4, -0.2) is 24.9 Å². The molecule has 4 aromatic rings. The second kappa shape index (κ2) is 7.27. The van der Waals surface area contributed by atoms with E-state index >= 15 is 0 Å². The first-order valence-electron chi connectivity index (χ1n) is 9.09. The minimum Gasteiger partial charge on any atom is -0.295 e. The minimum atomic E-state index is -0.538. The van der Waals surface area contributed by atoms with Crippen molar-refractivity contribution in [3.63, 3.8) is 0 Å². The summed E-state index contributed by atoms with van der Waals surface area (Å²) in [6, 6.07) is 13.7. The van der Waals surface area contributed by atoms with Gasteiger partial charge in [0.25, 0.3) is 5.56 Å². The summed E-state index contributed by atoms with van der Waals surface area (Å²) < 4.78 is 2.50. The molecular formula is C22H18N4O3. The lowest BCUT2D eigenvalue weighted by Crippen LogP contribution is -2.40. The molecule has 7 nitrogen and oxygen atoms in total. The molecule has 0 radical (unpaired) electrons. The molecule has 3 aromatic heterocycles. The van der Waals surface area contributed by atoms with Gasteiger partial charge in [-0.1, -0.05) is 18.2 Å². The maximum absolute atomic E-state index is 13.3. The van der Waals surface area contributed by atoms with Crippen LogP contribution in [0.15, 0.2) is 70.5 Å². The van der Waals surface area contributed by atoms with Crippen LogP contribution in [0.4, 0.5) is 0 Å². The molecule has 144 valence electrons. The van der Waals surface area contributed by atoms with Gasteiger partial charge < -0.3 is 0 Å². The Hall–Kier alpha value is -3.87. The van der Waals surface area contributed by atoms with Gasteiger partial charge in [-0.2, -0.15) is 0 Å². The monoisotopic (exact) mass is 386 g/mol. The van der Waals surface area contributed by atoms with Crippen LogP contribution >= 0.6 is 0 Å². The SMILES string of the molecule is CC(=O)c1cccc(-n2c(=O)n(Cc3ccc(C)cn3)c(=O)c3cccnc32)c1. The Bertz CT molecular complexity index is 1350. The highest BCUT2D eigenvalue weighted by Gasteiger charge is 2.16. The zero-order valence-electron chi connectivity index (χ0n) is 16.0. The van der Waals surface area contributed by atoms with Crippen molar-refractivity contribution in [1.82, 2.24) is 19.1 Å². The summed E-state index contributed by atoms with van der Waals surface area (Å²) >= 11 is 0. The first-order valence-corrected chi connectivity index (χ1v) is 9.09. The van der Waals surface area contributed by atoms with Crippen molar-refractivity contribution in [2.45, 2.75) is 20.4 Å². The van der Waals surface area contributed by atoms with Crippen molar-refractivity contribution in [1.29, 1.82) is 0 Å². The van der Waals surface area contributed by atoms with E-state index in [9.17, 15) is 14.4 Å². The van der Waals surface area contributed by atoms with Crippen LogP contribution in [0.2, 0.25) is 0 Å². The average molecular weight is 386 g/mol. The number of benzene rings is 1. The normalized spacial score (nSPS) is 11.0. The van der Waals surface area contributed by atoms with Crippen LogP contribution in [0.3, 0.4) is 0 Å². The number of hydrogen-bond acceptors (Lipinski definition) is 5. The number of aromatic nitrogens is 4. The molecule has 0 bridgehead atoms. The van der Waals surface area contributed by atoms with Crippen LogP contribution in [-0.2, 0) is 6.54 Å². The summed E-state index contributed by atoms with van der Waals surface area (Å²) in [5.74, 6) is -0.116. The molecule has 7 heteroatoms. The fourth-order valence-corrected chi connectivity index (χ4v) is 3.18. The molecule has 0 atom stereocenters. The summed E-state index contributed by atoms with van der Waals surface area (Å²) in [7, 11) is 0. The largest absolute Gasteiger partial charge is 0.337 e. The molecule has 0 amide bonds. The van der Waals surface area contributed by atoms with Crippen molar-refractivity contribution >= 4 is 16.8 Å².